The van der Waals surface area contributed by atoms with Crippen LogP contribution in [0.25, 0.3) is 0 Å². The minimum atomic E-state index is -0.659. The third kappa shape index (κ3) is 1.22. The average Bonchev–Trinajstić information content (AvgIpc) is 1.84. The molecule has 1 fully saturated rings. The van der Waals surface area contributed by atoms with Crippen LogP contribution in [0.4, 0.5) is 0 Å². The number of carbonyl (C=O) groups excluding carboxylic acids is 2. The zero-order valence-corrected chi connectivity index (χ0v) is 6.18. The summed E-state index contributed by atoms with van der Waals surface area (Å²) in [4.78, 5) is 21.1. The largest absolute Gasteiger partial charge is 0.323 e. The van der Waals surface area contributed by atoms with Gasteiger partial charge in [-0.2, -0.15) is 5.01 Å². The lowest BCUT2D eigenvalue weighted by Gasteiger charge is -2.28. The van der Waals surface area contributed by atoms with Gasteiger partial charge < -0.3 is 5.32 Å². The molecule has 2 N–H and O–H groups in total. The van der Waals surface area contributed by atoms with Crippen LogP contribution in [0.15, 0.2) is 0 Å². The summed E-state index contributed by atoms with van der Waals surface area (Å²) in [5, 5.41) is 3.71. The fraction of sp³-hybridized carbons (Fsp3) is 0.500. The standard InChI is InChI=1S/C4H7N3O2S/c1-7-4(10)5-2(8)3(9)6-7/h4,10H,1H3,(H,5,8)(H,6,9). The molecular formula is C4H7N3O2S. The summed E-state index contributed by atoms with van der Waals surface area (Å²) < 4.78 is 0. The quantitative estimate of drug-likeness (QED) is 0.293. The first-order valence-corrected chi connectivity index (χ1v) is 3.15. The average molecular weight is 161 g/mol. The molecule has 1 unspecified atom stereocenters. The number of rotatable bonds is 0. The van der Waals surface area contributed by atoms with E-state index in [0.717, 1.165) is 0 Å². The van der Waals surface area contributed by atoms with Crippen molar-refractivity contribution in [2.45, 2.75) is 5.50 Å². The predicted molar refractivity (Wildman–Crippen MR) is 36.8 cm³/mol. The predicted octanol–water partition coefficient (Wildman–Crippen LogP) is -1.71. The van der Waals surface area contributed by atoms with Gasteiger partial charge >= 0.3 is 11.8 Å². The Labute approximate surface area is 63.1 Å². The van der Waals surface area contributed by atoms with E-state index in [2.05, 4.69) is 23.4 Å². The number of nitrogens with zero attached hydrogens (tertiary/aromatic N) is 1. The normalized spacial score (nSPS) is 27.6. The highest BCUT2D eigenvalue weighted by Crippen LogP contribution is 1.97. The summed E-state index contributed by atoms with van der Waals surface area (Å²) in [7, 11) is 1.61. The molecular weight excluding hydrogens is 154 g/mol. The summed E-state index contributed by atoms with van der Waals surface area (Å²) in [6, 6.07) is 0. The number of amides is 2. The van der Waals surface area contributed by atoms with E-state index >= 15 is 0 Å². The Balaban J connectivity index is 2.63. The Morgan fingerprint density at radius 3 is 2.60 bits per heavy atom. The van der Waals surface area contributed by atoms with Gasteiger partial charge in [0.1, 0.15) is 5.50 Å². The van der Waals surface area contributed by atoms with Crippen LogP contribution in [-0.2, 0) is 9.59 Å². The summed E-state index contributed by atoms with van der Waals surface area (Å²) in [5.41, 5.74) is 1.85. The molecule has 6 heteroatoms. The van der Waals surface area contributed by atoms with Gasteiger partial charge in [0.05, 0.1) is 0 Å². The Bertz CT molecular complexity index is 163. The summed E-state index contributed by atoms with van der Waals surface area (Å²) in [6.07, 6.45) is 0. The van der Waals surface area contributed by atoms with Crippen LogP contribution >= 0.6 is 12.6 Å². The van der Waals surface area contributed by atoms with E-state index in [1.807, 2.05) is 0 Å². The van der Waals surface area contributed by atoms with Crippen molar-refractivity contribution in [2.24, 2.45) is 0 Å². The number of carbonyl (C=O) groups is 2. The second-order valence-electron chi connectivity index (χ2n) is 1.90. The van der Waals surface area contributed by atoms with Gasteiger partial charge in [0.15, 0.2) is 0 Å². The maximum atomic E-state index is 10.6. The van der Waals surface area contributed by atoms with Gasteiger partial charge in [0.2, 0.25) is 0 Å². The number of hydrogen-bond acceptors (Lipinski definition) is 4. The van der Waals surface area contributed by atoms with Crippen LogP contribution in [0.2, 0.25) is 0 Å². The van der Waals surface area contributed by atoms with Crippen molar-refractivity contribution >= 4 is 24.4 Å². The minimum absolute atomic E-state index is 0.440. The molecule has 0 spiro atoms. The Kier molecular flexibility index (Phi) is 1.82. The third-order valence-corrected chi connectivity index (χ3v) is 1.59. The van der Waals surface area contributed by atoms with Gasteiger partial charge in [-0.3, -0.25) is 15.0 Å². The van der Waals surface area contributed by atoms with E-state index in [1.54, 1.807) is 7.05 Å². The van der Waals surface area contributed by atoms with Gasteiger partial charge in [-0.05, 0) is 0 Å². The zero-order valence-electron chi connectivity index (χ0n) is 5.29. The van der Waals surface area contributed by atoms with Gasteiger partial charge in [-0.1, -0.05) is 0 Å². The number of thiol groups is 1. The molecule has 56 valence electrons. The first kappa shape index (κ1) is 7.36. The molecule has 0 saturated carbocycles. The van der Waals surface area contributed by atoms with Crippen molar-refractivity contribution in [2.75, 3.05) is 7.05 Å². The molecule has 1 aliphatic rings. The molecule has 0 radical (unpaired) electrons. The highest BCUT2D eigenvalue weighted by atomic mass is 32.1. The summed E-state index contributed by atoms with van der Waals surface area (Å²) >= 11 is 3.94. The lowest BCUT2D eigenvalue weighted by Crippen LogP contribution is -2.61. The minimum Gasteiger partial charge on any atom is -0.322 e. The first-order valence-electron chi connectivity index (χ1n) is 2.63. The van der Waals surface area contributed by atoms with Crippen molar-refractivity contribution in [3.05, 3.63) is 0 Å². The van der Waals surface area contributed by atoms with E-state index in [1.165, 1.54) is 5.01 Å². The van der Waals surface area contributed by atoms with Gasteiger partial charge in [0.25, 0.3) is 0 Å². The number of nitrogens with one attached hydrogen (secondary N) is 2. The Morgan fingerprint density at radius 1 is 1.50 bits per heavy atom. The van der Waals surface area contributed by atoms with E-state index in [9.17, 15) is 9.59 Å². The molecule has 0 bridgehead atoms. The maximum absolute atomic E-state index is 10.6. The molecule has 1 rings (SSSR count). The van der Waals surface area contributed by atoms with E-state index in [0.29, 0.717) is 0 Å². The van der Waals surface area contributed by atoms with Crippen LogP contribution in [0.1, 0.15) is 0 Å². The molecule has 5 nitrogen and oxygen atoms in total. The highest BCUT2D eigenvalue weighted by Gasteiger charge is 2.26. The van der Waals surface area contributed by atoms with E-state index in [4.69, 9.17) is 0 Å². The Morgan fingerprint density at radius 2 is 2.10 bits per heavy atom. The van der Waals surface area contributed by atoms with Crippen LogP contribution in [0, 0.1) is 0 Å². The van der Waals surface area contributed by atoms with E-state index < -0.39 is 17.3 Å². The summed E-state index contributed by atoms with van der Waals surface area (Å²) in [5.74, 6) is -1.31. The zero-order chi connectivity index (χ0) is 7.72. The molecule has 0 aromatic carbocycles. The third-order valence-electron chi connectivity index (χ3n) is 1.11. The molecule has 10 heavy (non-hydrogen) atoms. The lowest BCUT2D eigenvalue weighted by molar-refractivity contribution is -0.146. The van der Waals surface area contributed by atoms with Gasteiger partial charge in [-0.25, -0.2) is 0 Å². The first-order chi connectivity index (χ1) is 4.61. The van der Waals surface area contributed by atoms with Crippen molar-refractivity contribution in [1.82, 2.24) is 15.8 Å². The van der Waals surface area contributed by atoms with Crippen LogP contribution < -0.4 is 10.7 Å². The van der Waals surface area contributed by atoms with Crippen LogP contribution in [0.5, 0.6) is 0 Å². The van der Waals surface area contributed by atoms with Gasteiger partial charge in [0, 0.05) is 7.05 Å². The monoisotopic (exact) mass is 161 g/mol. The number of hydrogen-bond donors (Lipinski definition) is 3. The Hall–Kier alpha value is -0.750. The molecule has 1 heterocycles. The van der Waals surface area contributed by atoms with Crippen LogP contribution in [0.3, 0.4) is 0 Å². The highest BCUT2D eigenvalue weighted by molar-refractivity contribution is 7.80. The van der Waals surface area contributed by atoms with Crippen molar-refractivity contribution in [3.63, 3.8) is 0 Å². The molecule has 1 atom stereocenters. The van der Waals surface area contributed by atoms with Crippen LogP contribution in [-0.4, -0.2) is 29.4 Å². The summed E-state index contributed by atoms with van der Waals surface area (Å²) in [6.45, 7) is 0. The van der Waals surface area contributed by atoms with Crippen molar-refractivity contribution in [3.8, 4) is 0 Å². The topological polar surface area (TPSA) is 61.4 Å². The molecule has 0 aliphatic carbocycles. The fourth-order valence-corrected chi connectivity index (χ4v) is 0.727. The smallest absolute Gasteiger partial charge is 0.322 e. The van der Waals surface area contributed by atoms with Gasteiger partial charge in [-0.15, -0.1) is 12.6 Å². The second-order valence-corrected chi connectivity index (χ2v) is 2.39. The van der Waals surface area contributed by atoms with Crippen molar-refractivity contribution in [1.29, 1.82) is 0 Å². The molecule has 1 saturated heterocycles. The second kappa shape index (κ2) is 2.47. The van der Waals surface area contributed by atoms with E-state index in [-0.39, 0.29) is 0 Å². The fourth-order valence-electron chi connectivity index (χ4n) is 0.552. The molecule has 1 aliphatic heterocycles. The van der Waals surface area contributed by atoms with Crippen molar-refractivity contribution < 1.29 is 9.59 Å². The SMILES string of the molecule is CN1NC(=O)C(=O)NC1S. The molecule has 2 amide bonds. The maximum Gasteiger partial charge on any atom is 0.323 e. The molecule has 0 aromatic rings. The molecule has 0 aromatic heterocycles. The number of hydrazine groups is 1. The lowest BCUT2D eigenvalue weighted by atomic mass is 10.5.